The molecular weight excluding hydrogens is 174 g/mol. The van der Waals surface area contributed by atoms with E-state index in [0.717, 1.165) is 19.0 Å². The van der Waals surface area contributed by atoms with Gasteiger partial charge in [0, 0.05) is 12.2 Å². The van der Waals surface area contributed by atoms with Gasteiger partial charge in [-0.25, -0.2) is 4.98 Å². The average molecular weight is 193 g/mol. The number of imidazole rings is 1. The van der Waals surface area contributed by atoms with Crippen LogP contribution < -0.4 is 5.32 Å². The van der Waals surface area contributed by atoms with Crippen molar-refractivity contribution in [3.8, 4) is 0 Å². The first-order chi connectivity index (χ1) is 6.81. The van der Waals surface area contributed by atoms with E-state index in [2.05, 4.69) is 21.8 Å². The highest BCUT2D eigenvalue weighted by atomic mass is 15.1. The zero-order valence-electron chi connectivity index (χ0n) is 9.08. The van der Waals surface area contributed by atoms with Gasteiger partial charge < -0.3 is 9.88 Å². The van der Waals surface area contributed by atoms with Gasteiger partial charge in [0.05, 0.1) is 12.0 Å². The molecule has 0 fully saturated rings. The third-order valence-electron chi connectivity index (χ3n) is 3.20. The molecule has 0 saturated heterocycles. The Kier molecular flexibility index (Phi) is 2.87. The molecule has 0 aromatic carbocycles. The monoisotopic (exact) mass is 193 g/mol. The smallest absolute Gasteiger partial charge is 0.0951 e. The van der Waals surface area contributed by atoms with Gasteiger partial charge in [-0.1, -0.05) is 0 Å². The summed E-state index contributed by atoms with van der Waals surface area (Å²) < 4.78 is 2.33. The van der Waals surface area contributed by atoms with Gasteiger partial charge in [0.25, 0.3) is 0 Å². The van der Waals surface area contributed by atoms with Crippen molar-refractivity contribution in [3.63, 3.8) is 0 Å². The molecular formula is C11H19N3. The first-order valence-corrected chi connectivity index (χ1v) is 5.46. The Bertz CT molecular complexity index is 303. The second-order valence-corrected chi connectivity index (χ2v) is 4.23. The zero-order valence-corrected chi connectivity index (χ0v) is 9.08. The average Bonchev–Trinajstić information content (AvgIpc) is 2.57. The lowest BCUT2D eigenvalue weighted by Crippen LogP contribution is -2.23. The highest BCUT2D eigenvalue weighted by Crippen LogP contribution is 2.23. The van der Waals surface area contributed by atoms with Gasteiger partial charge in [-0.05, 0) is 45.7 Å². The minimum absolute atomic E-state index is 0.837. The van der Waals surface area contributed by atoms with E-state index in [1.54, 1.807) is 0 Å². The van der Waals surface area contributed by atoms with Crippen LogP contribution in [0.25, 0.3) is 0 Å². The Morgan fingerprint density at radius 1 is 1.64 bits per heavy atom. The molecule has 1 aromatic heterocycles. The Hall–Kier alpha value is -0.830. The molecule has 14 heavy (non-hydrogen) atoms. The first kappa shape index (κ1) is 9.71. The lowest BCUT2D eigenvalue weighted by atomic mass is 9.94. The molecule has 0 saturated carbocycles. The second-order valence-electron chi connectivity index (χ2n) is 4.23. The minimum Gasteiger partial charge on any atom is -0.334 e. The van der Waals surface area contributed by atoms with Crippen LogP contribution in [0.3, 0.4) is 0 Å². The molecule has 0 amide bonds. The summed E-state index contributed by atoms with van der Waals surface area (Å²) in [4.78, 5) is 4.36. The maximum absolute atomic E-state index is 4.36. The van der Waals surface area contributed by atoms with Crippen LogP contribution in [0.2, 0.25) is 0 Å². The summed E-state index contributed by atoms with van der Waals surface area (Å²) in [7, 11) is 2.02. The lowest BCUT2D eigenvalue weighted by Gasteiger charge is -2.24. The van der Waals surface area contributed by atoms with Gasteiger partial charge >= 0.3 is 0 Å². The van der Waals surface area contributed by atoms with Gasteiger partial charge in [0.1, 0.15) is 0 Å². The Morgan fingerprint density at radius 3 is 3.29 bits per heavy atom. The molecule has 1 aliphatic rings. The topological polar surface area (TPSA) is 29.9 Å². The molecule has 2 rings (SSSR count). The van der Waals surface area contributed by atoms with Crippen LogP contribution in [0, 0.1) is 12.8 Å². The standard InChI is InChI=1S/C11H19N3/c1-9-11-4-3-10(5-6-12-2)7-14(11)8-13-9/h8,10,12H,3-7H2,1-2H3. The Labute approximate surface area is 85.5 Å². The van der Waals surface area contributed by atoms with E-state index in [1.807, 2.05) is 13.4 Å². The van der Waals surface area contributed by atoms with Crippen molar-refractivity contribution in [3.05, 3.63) is 17.7 Å². The van der Waals surface area contributed by atoms with Crippen LogP contribution in [0.4, 0.5) is 0 Å². The van der Waals surface area contributed by atoms with Crippen molar-refractivity contribution in [1.29, 1.82) is 0 Å². The van der Waals surface area contributed by atoms with Gasteiger partial charge in [0.2, 0.25) is 0 Å². The van der Waals surface area contributed by atoms with Crippen LogP contribution >= 0.6 is 0 Å². The molecule has 0 aliphatic carbocycles. The van der Waals surface area contributed by atoms with Crippen LogP contribution in [0.1, 0.15) is 24.2 Å². The number of aryl methyl sites for hydroxylation is 1. The van der Waals surface area contributed by atoms with Gasteiger partial charge in [-0.15, -0.1) is 0 Å². The largest absolute Gasteiger partial charge is 0.334 e. The summed E-state index contributed by atoms with van der Waals surface area (Å²) in [6.07, 6.45) is 5.82. The first-order valence-electron chi connectivity index (χ1n) is 5.46. The van der Waals surface area contributed by atoms with E-state index >= 15 is 0 Å². The molecule has 0 spiro atoms. The summed E-state index contributed by atoms with van der Waals surface area (Å²) >= 11 is 0. The van der Waals surface area contributed by atoms with E-state index in [9.17, 15) is 0 Å². The molecule has 1 unspecified atom stereocenters. The summed E-state index contributed by atoms with van der Waals surface area (Å²) in [5.41, 5.74) is 2.67. The number of nitrogens with one attached hydrogen (secondary N) is 1. The molecule has 0 radical (unpaired) electrons. The second kappa shape index (κ2) is 4.13. The Balaban J connectivity index is 1.99. The van der Waals surface area contributed by atoms with Crippen molar-refractivity contribution in [2.24, 2.45) is 5.92 Å². The van der Waals surface area contributed by atoms with Crippen LogP contribution in [0.15, 0.2) is 6.33 Å². The van der Waals surface area contributed by atoms with Crippen molar-refractivity contribution in [2.45, 2.75) is 32.7 Å². The molecule has 1 N–H and O–H groups in total. The Morgan fingerprint density at radius 2 is 2.50 bits per heavy atom. The molecule has 1 atom stereocenters. The van der Waals surface area contributed by atoms with Crippen molar-refractivity contribution >= 4 is 0 Å². The van der Waals surface area contributed by atoms with Gasteiger partial charge in [-0.3, -0.25) is 0 Å². The highest BCUT2D eigenvalue weighted by molar-refractivity contribution is 5.13. The molecule has 3 heteroatoms. The molecule has 78 valence electrons. The van der Waals surface area contributed by atoms with Gasteiger partial charge in [0.15, 0.2) is 0 Å². The third-order valence-corrected chi connectivity index (χ3v) is 3.20. The van der Waals surface area contributed by atoms with Crippen LogP contribution in [-0.4, -0.2) is 23.1 Å². The fraction of sp³-hybridized carbons (Fsp3) is 0.727. The van der Waals surface area contributed by atoms with Gasteiger partial charge in [-0.2, -0.15) is 0 Å². The third kappa shape index (κ3) is 1.82. The quantitative estimate of drug-likeness (QED) is 0.785. The molecule has 2 heterocycles. The molecule has 3 nitrogen and oxygen atoms in total. The summed E-state index contributed by atoms with van der Waals surface area (Å²) in [6.45, 7) is 4.41. The lowest BCUT2D eigenvalue weighted by molar-refractivity contribution is 0.345. The maximum atomic E-state index is 4.36. The normalized spacial score (nSPS) is 20.9. The molecule has 0 bridgehead atoms. The fourth-order valence-electron chi connectivity index (χ4n) is 2.28. The van der Waals surface area contributed by atoms with Crippen molar-refractivity contribution < 1.29 is 0 Å². The highest BCUT2D eigenvalue weighted by Gasteiger charge is 2.19. The number of fused-ring (bicyclic) bond motifs is 1. The predicted octanol–water partition coefficient (Wildman–Crippen LogP) is 1.36. The predicted molar refractivity (Wildman–Crippen MR) is 57.3 cm³/mol. The number of aromatic nitrogens is 2. The number of nitrogens with zero attached hydrogens (tertiary/aromatic N) is 2. The SMILES string of the molecule is CNCCC1CCc2c(C)ncn2C1. The minimum atomic E-state index is 0.837. The number of hydrogen-bond donors (Lipinski definition) is 1. The van der Waals surface area contributed by atoms with E-state index in [4.69, 9.17) is 0 Å². The number of rotatable bonds is 3. The van der Waals surface area contributed by atoms with Crippen molar-refractivity contribution in [1.82, 2.24) is 14.9 Å². The van der Waals surface area contributed by atoms with E-state index < -0.39 is 0 Å². The molecule has 1 aromatic rings. The summed E-state index contributed by atoms with van der Waals surface area (Å²) in [5, 5.41) is 3.22. The van der Waals surface area contributed by atoms with E-state index in [0.29, 0.717) is 0 Å². The number of hydrogen-bond acceptors (Lipinski definition) is 2. The van der Waals surface area contributed by atoms with Crippen LogP contribution in [0.5, 0.6) is 0 Å². The van der Waals surface area contributed by atoms with Crippen molar-refractivity contribution in [2.75, 3.05) is 13.6 Å². The maximum Gasteiger partial charge on any atom is 0.0951 e. The summed E-state index contributed by atoms with van der Waals surface area (Å²) in [6, 6.07) is 0. The summed E-state index contributed by atoms with van der Waals surface area (Å²) in [5.74, 6) is 0.837. The molecule has 1 aliphatic heterocycles. The van der Waals surface area contributed by atoms with E-state index in [1.165, 1.54) is 30.7 Å². The fourth-order valence-corrected chi connectivity index (χ4v) is 2.28. The van der Waals surface area contributed by atoms with E-state index in [-0.39, 0.29) is 0 Å². The zero-order chi connectivity index (χ0) is 9.97. The van der Waals surface area contributed by atoms with Crippen LogP contribution in [-0.2, 0) is 13.0 Å².